The maximum Gasteiger partial charge on any atom is 0.221 e. The Morgan fingerprint density at radius 3 is 2.50 bits per heavy atom. The first kappa shape index (κ1) is 14.0. The lowest BCUT2D eigenvalue weighted by Crippen LogP contribution is -2.06. The van der Waals surface area contributed by atoms with E-state index in [-0.39, 0.29) is 11.7 Å². The highest BCUT2D eigenvalue weighted by atomic mass is 19.1. The molecule has 5 heteroatoms. The third-order valence-corrected chi connectivity index (χ3v) is 3.29. The van der Waals surface area contributed by atoms with Crippen LogP contribution in [-0.2, 0) is 4.79 Å². The maximum atomic E-state index is 13.6. The number of rotatable bonds is 3. The Hall–Kier alpha value is -2.95. The second-order valence-electron chi connectivity index (χ2n) is 4.97. The maximum absolute atomic E-state index is 13.6. The number of carbonyl (C=O) groups excluding carboxylic acids is 2. The molecule has 1 heterocycles. The molecule has 1 amide bonds. The Balaban J connectivity index is 2.10. The van der Waals surface area contributed by atoms with Gasteiger partial charge in [-0.05, 0) is 18.2 Å². The van der Waals surface area contributed by atoms with Gasteiger partial charge < -0.3 is 10.3 Å². The summed E-state index contributed by atoms with van der Waals surface area (Å²) in [4.78, 5) is 26.5. The molecule has 0 fully saturated rings. The highest BCUT2D eigenvalue weighted by molar-refractivity contribution is 6.12. The number of aromatic nitrogens is 1. The van der Waals surface area contributed by atoms with E-state index in [2.05, 4.69) is 10.3 Å². The number of amides is 1. The van der Waals surface area contributed by atoms with Gasteiger partial charge in [0.1, 0.15) is 5.82 Å². The van der Waals surface area contributed by atoms with Gasteiger partial charge in [0.15, 0.2) is 0 Å². The summed E-state index contributed by atoms with van der Waals surface area (Å²) >= 11 is 0. The third-order valence-electron chi connectivity index (χ3n) is 3.29. The van der Waals surface area contributed by atoms with Gasteiger partial charge in [0, 0.05) is 17.9 Å². The number of H-pyrrole nitrogens is 1. The molecule has 0 radical (unpaired) electrons. The van der Waals surface area contributed by atoms with Crippen molar-refractivity contribution in [1.82, 2.24) is 4.98 Å². The van der Waals surface area contributed by atoms with Gasteiger partial charge in [-0.3, -0.25) is 9.59 Å². The number of ketones is 1. The molecule has 0 saturated heterocycles. The van der Waals surface area contributed by atoms with Crippen LogP contribution in [0.25, 0.3) is 10.9 Å². The largest absolute Gasteiger partial charge is 0.352 e. The quantitative estimate of drug-likeness (QED) is 0.727. The molecular formula is C17H13FN2O2. The minimum Gasteiger partial charge on any atom is -0.352 e. The molecule has 2 N–H and O–H groups in total. The topological polar surface area (TPSA) is 62.0 Å². The van der Waals surface area contributed by atoms with Crippen molar-refractivity contribution < 1.29 is 14.0 Å². The lowest BCUT2D eigenvalue weighted by atomic mass is 10.1. The number of nitrogens with one attached hydrogen (secondary N) is 2. The van der Waals surface area contributed by atoms with Crippen molar-refractivity contribution in [2.24, 2.45) is 0 Å². The lowest BCUT2D eigenvalue weighted by molar-refractivity contribution is -0.114. The molecular weight excluding hydrogens is 283 g/mol. The number of hydrogen-bond acceptors (Lipinski definition) is 2. The van der Waals surface area contributed by atoms with E-state index < -0.39 is 5.82 Å². The number of aromatic amines is 1. The number of fused-ring (bicyclic) bond motifs is 1. The Kier molecular flexibility index (Phi) is 3.47. The smallest absolute Gasteiger partial charge is 0.221 e. The molecule has 0 atom stereocenters. The van der Waals surface area contributed by atoms with E-state index in [0.29, 0.717) is 27.8 Å². The van der Waals surface area contributed by atoms with Crippen LogP contribution in [-0.4, -0.2) is 16.7 Å². The highest BCUT2D eigenvalue weighted by Gasteiger charge is 2.15. The Labute approximate surface area is 126 Å². The summed E-state index contributed by atoms with van der Waals surface area (Å²) in [6.07, 6.45) is 0. The Bertz CT molecular complexity index is 869. The van der Waals surface area contributed by atoms with Crippen molar-refractivity contribution in [1.29, 1.82) is 0 Å². The summed E-state index contributed by atoms with van der Waals surface area (Å²) in [5.74, 6) is -0.980. The van der Waals surface area contributed by atoms with E-state index in [1.54, 1.807) is 30.3 Å². The minimum absolute atomic E-state index is 0.189. The first-order valence-corrected chi connectivity index (χ1v) is 6.74. The molecule has 110 valence electrons. The molecule has 2 aromatic carbocycles. The van der Waals surface area contributed by atoms with Crippen LogP contribution in [0.1, 0.15) is 23.0 Å². The first-order chi connectivity index (χ1) is 10.5. The zero-order valence-electron chi connectivity index (χ0n) is 11.8. The summed E-state index contributed by atoms with van der Waals surface area (Å²) in [6, 6.07) is 12.9. The van der Waals surface area contributed by atoms with Gasteiger partial charge in [0.25, 0.3) is 0 Å². The van der Waals surface area contributed by atoms with Crippen LogP contribution in [0, 0.1) is 5.82 Å². The van der Waals surface area contributed by atoms with Gasteiger partial charge in [-0.1, -0.05) is 30.3 Å². The SMILES string of the molecule is CC(=O)Nc1cc(F)cc2[nH]c(C(=O)c3ccccc3)cc12. The summed E-state index contributed by atoms with van der Waals surface area (Å²) in [5.41, 5.74) is 1.68. The summed E-state index contributed by atoms with van der Waals surface area (Å²) in [5, 5.41) is 3.16. The standard InChI is InChI=1S/C17H13FN2O2/c1-10(21)19-14-7-12(18)8-15-13(14)9-16(20-15)17(22)11-5-3-2-4-6-11/h2-9,20H,1H3,(H,19,21). The van der Waals surface area contributed by atoms with Crippen LogP contribution in [0.2, 0.25) is 0 Å². The average Bonchev–Trinajstić information content (AvgIpc) is 2.90. The van der Waals surface area contributed by atoms with E-state index in [4.69, 9.17) is 0 Å². The number of anilines is 1. The van der Waals surface area contributed by atoms with Crippen molar-refractivity contribution in [2.45, 2.75) is 6.92 Å². The van der Waals surface area contributed by atoms with Crippen LogP contribution >= 0.6 is 0 Å². The van der Waals surface area contributed by atoms with Crippen LogP contribution in [0.15, 0.2) is 48.5 Å². The van der Waals surface area contributed by atoms with Crippen LogP contribution in [0.3, 0.4) is 0 Å². The van der Waals surface area contributed by atoms with E-state index in [1.165, 1.54) is 19.1 Å². The van der Waals surface area contributed by atoms with Gasteiger partial charge in [-0.2, -0.15) is 0 Å². The predicted molar refractivity (Wildman–Crippen MR) is 82.4 cm³/mol. The fourth-order valence-electron chi connectivity index (χ4n) is 2.36. The number of carbonyl (C=O) groups is 2. The fraction of sp³-hybridized carbons (Fsp3) is 0.0588. The van der Waals surface area contributed by atoms with E-state index in [1.807, 2.05) is 6.07 Å². The number of halogens is 1. The molecule has 3 aromatic rings. The van der Waals surface area contributed by atoms with Crippen molar-refractivity contribution in [3.63, 3.8) is 0 Å². The number of benzene rings is 2. The summed E-state index contributed by atoms with van der Waals surface area (Å²) < 4.78 is 13.6. The van der Waals surface area contributed by atoms with Crippen molar-refractivity contribution in [3.8, 4) is 0 Å². The Morgan fingerprint density at radius 1 is 1.09 bits per heavy atom. The summed E-state index contributed by atoms with van der Waals surface area (Å²) in [6.45, 7) is 1.35. The second-order valence-corrected chi connectivity index (χ2v) is 4.97. The molecule has 22 heavy (non-hydrogen) atoms. The fourth-order valence-corrected chi connectivity index (χ4v) is 2.36. The zero-order chi connectivity index (χ0) is 15.7. The van der Waals surface area contributed by atoms with Gasteiger partial charge in [-0.15, -0.1) is 0 Å². The van der Waals surface area contributed by atoms with Gasteiger partial charge in [0.2, 0.25) is 11.7 Å². The summed E-state index contributed by atoms with van der Waals surface area (Å²) in [7, 11) is 0. The molecule has 0 saturated carbocycles. The average molecular weight is 296 g/mol. The molecule has 0 spiro atoms. The number of hydrogen-bond donors (Lipinski definition) is 2. The van der Waals surface area contributed by atoms with E-state index in [9.17, 15) is 14.0 Å². The van der Waals surface area contributed by atoms with Gasteiger partial charge in [-0.25, -0.2) is 4.39 Å². The van der Waals surface area contributed by atoms with Crippen molar-refractivity contribution in [2.75, 3.05) is 5.32 Å². The van der Waals surface area contributed by atoms with Crippen molar-refractivity contribution in [3.05, 3.63) is 65.6 Å². The molecule has 0 aliphatic heterocycles. The normalized spacial score (nSPS) is 10.6. The molecule has 1 aromatic heterocycles. The Morgan fingerprint density at radius 2 is 1.82 bits per heavy atom. The lowest BCUT2D eigenvalue weighted by Gasteiger charge is -2.03. The monoisotopic (exact) mass is 296 g/mol. The highest BCUT2D eigenvalue weighted by Crippen LogP contribution is 2.27. The third kappa shape index (κ3) is 2.61. The van der Waals surface area contributed by atoms with Gasteiger partial charge >= 0.3 is 0 Å². The van der Waals surface area contributed by atoms with Crippen LogP contribution < -0.4 is 5.32 Å². The van der Waals surface area contributed by atoms with Crippen LogP contribution in [0.4, 0.5) is 10.1 Å². The zero-order valence-corrected chi connectivity index (χ0v) is 11.8. The molecule has 0 unspecified atom stereocenters. The minimum atomic E-state index is -0.489. The molecule has 0 aliphatic carbocycles. The van der Waals surface area contributed by atoms with E-state index >= 15 is 0 Å². The molecule has 4 nitrogen and oxygen atoms in total. The van der Waals surface area contributed by atoms with Crippen molar-refractivity contribution >= 4 is 28.3 Å². The van der Waals surface area contributed by atoms with E-state index in [0.717, 1.165) is 0 Å². The first-order valence-electron chi connectivity index (χ1n) is 6.74. The second kappa shape index (κ2) is 5.44. The van der Waals surface area contributed by atoms with Crippen LogP contribution in [0.5, 0.6) is 0 Å². The molecule has 0 bridgehead atoms. The predicted octanol–water partition coefficient (Wildman–Crippen LogP) is 3.50. The molecule has 3 rings (SSSR count). The molecule has 0 aliphatic rings. The van der Waals surface area contributed by atoms with Gasteiger partial charge in [0.05, 0.1) is 16.9 Å².